The largest absolute Gasteiger partial charge is 0.355 e. The van der Waals surface area contributed by atoms with Crippen molar-refractivity contribution in [3.8, 4) is 0 Å². The summed E-state index contributed by atoms with van der Waals surface area (Å²) in [6.45, 7) is 4.79. The van der Waals surface area contributed by atoms with Crippen molar-refractivity contribution in [3.05, 3.63) is 17.5 Å². The second-order valence-electron chi connectivity index (χ2n) is 4.13. The molecule has 0 saturated heterocycles. The van der Waals surface area contributed by atoms with E-state index in [2.05, 4.69) is 20.3 Å². The second kappa shape index (κ2) is 7.46. The summed E-state index contributed by atoms with van der Waals surface area (Å²) in [4.78, 5) is 4.03. The number of nitrogens with one attached hydrogen (secondary N) is 3. The van der Waals surface area contributed by atoms with E-state index in [4.69, 9.17) is 0 Å². The Morgan fingerprint density at radius 1 is 1.42 bits per heavy atom. The van der Waals surface area contributed by atoms with Gasteiger partial charge in [-0.25, -0.2) is 13.1 Å². The molecule has 0 spiro atoms. The number of sulfonamides is 1. The first-order chi connectivity index (χ1) is 8.95. The van der Waals surface area contributed by atoms with Crippen molar-refractivity contribution < 1.29 is 8.42 Å². The van der Waals surface area contributed by atoms with Gasteiger partial charge in [-0.2, -0.15) is 0 Å². The zero-order chi connectivity index (χ0) is 14.3. The molecular formula is C11H20N4O2S2. The highest BCUT2D eigenvalue weighted by Crippen LogP contribution is 2.14. The molecule has 0 radical (unpaired) electrons. The fourth-order valence-electron chi connectivity index (χ4n) is 1.32. The number of guanidine groups is 1. The highest BCUT2D eigenvalue weighted by molar-refractivity contribution is 7.91. The van der Waals surface area contributed by atoms with E-state index in [1.54, 1.807) is 24.6 Å². The van der Waals surface area contributed by atoms with E-state index in [0.29, 0.717) is 23.3 Å². The Kier molecular flexibility index (Phi) is 6.26. The van der Waals surface area contributed by atoms with Crippen LogP contribution < -0.4 is 15.4 Å². The van der Waals surface area contributed by atoms with Gasteiger partial charge in [0.15, 0.2) is 5.96 Å². The molecule has 1 aromatic heterocycles. The normalized spacial score (nSPS) is 12.7. The third-order valence-corrected chi connectivity index (χ3v) is 4.98. The molecule has 8 heteroatoms. The van der Waals surface area contributed by atoms with E-state index in [1.165, 1.54) is 11.3 Å². The molecule has 1 rings (SSSR count). The minimum Gasteiger partial charge on any atom is -0.355 e. The number of rotatable bonds is 6. The van der Waals surface area contributed by atoms with Gasteiger partial charge in [0, 0.05) is 26.2 Å². The smallest absolute Gasteiger partial charge is 0.250 e. The van der Waals surface area contributed by atoms with Crippen LogP contribution in [0.4, 0.5) is 0 Å². The zero-order valence-corrected chi connectivity index (χ0v) is 12.9. The van der Waals surface area contributed by atoms with Crippen LogP contribution >= 0.6 is 11.3 Å². The number of thiophene rings is 1. The van der Waals surface area contributed by atoms with E-state index in [1.807, 2.05) is 13.8 Å². The van der Waals surface area contributed by atoms with E-state index < -0.39 is 10.0 Å². The van der Waals surface area contributed by atoms with Crippen LogP contribution in [0.1, 0.15) is 13.8 Å². The van der Waals surface area contributed by atoms with Gasteiger partial charge in [-0.1, -0.05) is 6.07 Å². The summed E-state index contributed by atoms with van der Waals surface area (Å²) in [5.41, 5.74) is 0. The summed E-state index contributed by atoms with van der Waals surface area (Å²) in [6.07, 6.45) is 0. The molecule has 108 valence electrons. The van der Waals surface area contributed by atoms with Crippen molar-refractivity contribution in [1.82, 2.24) is 15.4 Å². The van der Waals surface area contributed by atoms with Gasteiger partial charge in [0.2, 0.25) is 10.0 Å². The van der Waals surface area contributed by atoms with E-state index in [-0.39, 0.29) is 6.04 Å². The molecule has 1 heterocycles. The Balaban J connectivity index is 2.35. The van der Waals surface area contributed by atoms with Crippen LogP contribution in [0.25, 0.3) is 0 Å². The lowest BCUT2D eigenvalue weighted by Crippen LogP contribution is -2.43. The summed E-state index contributed by atoms with van der Waals surface area (Å²) in [5, 5.41) is 7.89. The van der Waals surface area contributed by atoms with Gasteiger partial charge in [0.25, 0.3) is 0 Å². The molecule has 0 atom stereocenters. The van der Waals surface area contributed by atoms with Crippen molar-refractivity contribution in [2.45, 2.75) is 24.1 Å². The van der Waals surface area contributed by atoms with E-state index in [9.17, 15) is 8.42 Å². The summed E-state index contributed by atoms with van der Waals surface area (Å²) >= 11 is 1.20. The molecular weight excluding hydrogens is 284 g/mol. The molecule has 0 aliphatic heterocycles. The maximum atomic E-state index is 11.8. The van der Waals surface area contributed by atoms with Crippen LogP contribution in [-0.2, 0) is 10.0 Å². The third-order valence-electron chi connectivity index (χ3n) is 2.12. The Morgan fingerprint density at radius 3 is 2.68 bits per heavy atom. The quantitative estimate of drug-likeness (QED) is 0.408. The van der Waals surface area contributed by atoms with Crippen molar-refractivity contribution >= 4 is 27.3 Å². The van der Waals surface area contributed by atoms with Crippen LogP contribution in [0, 0.1) is 0 Å². The lowest BCUT2D eigenvalue weighted by atomic mass is 10.4. The predicted octanol–water partition coefficient (Wildman–Crippen LogP) is 0.600. The van der Waals surface area contributed by atoms with Gasteiger partial charge in [-0.05, 0) is 25.3 Å². The zero-order valence-electron chi connectivity index (χ0n) is 11.3. The first-order valence-electron chi connectivity index (χ1n) is 5.96. The molecule has 0 aromatic carbocycles. The maximum Gasteiger partial charge on any atom is 0.250 e. The van der Waals surface area contributed by atoms with Gasteiger partial charge < -0.3 is 10.6 Å². The molecule has 6 nitrogen and oxygen atoms in total. The van der Waals surface area contributed by atoms with Crippen LogP contribution in [0.3, 0.4) is 0 Å². The van der Waals surface area contributed by atoms with Gasteiger partial charge in [-0.15, -0.1) is 11.3 Å². The molecule has 0 amide bonds. The standard InChI is InChI=1S/C11H20N4O2S2/c1-9(2)15-11(12-3)13-6-7-14-19(16,17)10-5-4-8-18-10/h4-5,8-9,14H,6-7H2,1-3H3,(H2,12,13,15). The minimum atomic E-state index is -3.38. The fourth-order valence-corrected chi connectivity index (χ4v) is 3.39. The molecule has 0 aliphatic carbocycles. The number of hydrogen-bond acceptors (Lipinski definition) is 4. The Labute approximate surface area is 118 Å². The molecule has 0 bridgehead atoms. The van der Waals surface area contributed by atoms with Crippen molar-refractivity contribution in [1.29, 1.82) is 0 Å². The van der Waals surface area contributed by atoms with Crippen LogP contribution in [0.5, 0.6) is 0 Å². The molecule has 1 aromatic rings. The monoisotopic (exact) mass is 304 g/mol. The maximum absolute atomic E-state index is 11.8. The summed E-state index contributed by atoms with van der Waals surface area (Å²) < 4.78 is 26.5. The number of nitrogens with zero attached hydrogens (tertiary/aromatic N) is 1. The molecule has 3 N–H and O–H groups in total. The van der Waals surface area contributed by atoms with Gasteiger partial charge in [0.1, 0.15) is 4.21 Å². The number of aliphatic imine (C=N–C) groups is 1. The third kappa shape index (κ3) is 5.58. The Hall–Kier alpha value is -1.12. The van der Waals surface area contributed by atoms with Crippen LogP contribution in [-0.4, -0.2) is 40.6 Å². The Bertz CT molecular complexity index is 495. The van der Waals surface area contributed by atoms with Crippen molar-refractivity contribution in [2.75, 3.05) is 20.1 Å². The average molecular weight is 304 g/mol. The van der Waals surface area contributed by atoms with Gasteiger partial charge >= 0.3 is 0 Å². The summed E-state index contributed by atoms with van der Waals surface area (Å²) in [6, 6.07) is 3.57. The molecule has 19 heavy (non-hydrogen) atoms. The Morgan fingerprint density at radius 2 is 2.16 bits per heavy atom. The van der Waals surface area contributed by atoms with Crippen LogP contribution in [0.15, 0.2) is 26.7 Å². The van der Waals surface area contributed by atoms with Crippen molar-refractivity contribution in [3.63, 3.8) is 0 Å². The SMILES string of the molecule is CN=C(NCCNS(=O)(=O)c1cccs1)NC(C)C. The van der Waals surface area contributed by atoms with Gasteiger partial charge in [0.05, 0.1) is 0 Å². The minimum absolute atomic E-state index is 0.272. The molecule has 0 fully saturated rings. The van der Waals surface area contributed by atoms with E-state index >= 15 is 0 Å². The number of hydrogen-bond donors (Lipinski definition) is 3. The highest BCUT2D eigenvalue weighted by Gasteiger charge is 2.13. The second-order valence-corrected chi connectivity index (χ2v) is 7.07. The summed E-state index contributed by atoms with van der Waals surface area (Å²) in [5.74, 6) is 0.658. The van der Waals surface area contributed by atoms with Crippen LogP contribution in [0.2, 0.25) is 0 Å². The van der Waals surface area contributed by atoms with Crippen molar-refractivity contribution in [2.24, 2.45) is 4.99 Å². The highest BCUT2D eigenvalue weighted by atomic mass is 32.2. The molecule has 0 unspecified atom stereocenters. The van der Waals surface area contributed by atoms with Gasteiger partial charge in [-0.3, -0.25) is 4.99 Å². The predicted molar refractivity (Wildman–Crippen MR) is 79.1 cm³/mol. The molecule has 0 aliphatic rings. The van der Waals surface area contributed by atoms with E-state index in [0.717, 1.165) is 0 Å². The first-order valence-corrected chi connectivity index (χ1v) is 8.32. The first kappa shape index (κ1) is 15.9. The fraction of sp³-hybridized carbons (Fsp3) is 0.545. The topological polar surface area (TPSA) is 82.6 Å². The lowest BCUT2D eigenvalue weighted by molar-refractivity contribution is 0.582. The molecule has 0 saturated carbocycles. The summed E-state index contributed by atoms with van der Waals surface area (Å²) in [7, 11) is -1.70. The average Bonchev–Trinajstić information content (AvgIpc) is 2.87. The lowest BCUT2D eigenvalue weighted by Gasteiger charge is -2.14.